The van der Waals surface area contributed by atoms with Gasteiger partial charge in [-0.2, -0.15) is 0 Å². The molecular formula is C20H22N4O2. The van der Waals surface area contributed by atoms with Crippen molar-refractivity contribution in [1.29, 1.82) is 0 Å². The number of aromatic nitrogens is 2. The van der Waals surface area contributed by atoms with Gasteiger partial charge in [-0.1, -0.05) is 37.2 Å². The van der Waals surface area contributed by atoms with Crippen LogP contribution in [-0.4, -0.2) is 16.0 Å². The first-order valence-electron chi connectivity index (χ1n) is 8.68. The number of para-hydroxylation sites is 1. The van der Waals surface area contributed by atoms with Gasteiger partial charge < -0.3 is 15.2 Å². The Balaban J connectivity index is 1.82. The van der Waals surface area contributed by atoms with E-state index in [1.807, 2.05) is 25.1 Å². The van der Waals surface area contributed by atoms with Crippen LogP contribution in [0.3, 0.4) is 0 Å². The van der Waals surface area contributed by atoms with E-state index in [1.165, 1.54) is 0 Å². The molecule has 3 rings (SSSR count). The molecular weight excluding hydrogens is 328 g/mol. The summed E-state index contributed by atoms with van der Waals surface area (Å²) in [5.74, 6) is 1.09. The molecule has 0 aliphatic carbocycles. The summed E-state index contributed by atoms with van der Waals surface area (Å²) in [5, 5.41) is 10.0. The summed E-state index contributed by atoms with van der Waals surface area (Å²) in [5.41, 5.74) is 4.29. The SMILES string of the molecule is CCc1cccc(CC)c1NC(=O)c1cncc(Nc2cc(C)on2)c1. The third-order valence-electron chi connectivity index (χ3n) is 4.14. The quantitative estimate of drug-likeness (QED) is 0.684. The van der Waals surface area contributed by atoms with Crippen LogP contribution in [0.5, 0.6) is 0 Å². The molecule has 1 amide bonds. The van der Waals surface area contributed by atoms with Gasteiger partial charge in [0.1, 0.15) is 5.76 Å². The fourth-order valence-electron chi connectivity index (χ4n) is 2.79. The molecule has 3 aromatic rings. The van der Waals surface area contributed by atoms with Gasteiger partial charge in [0.25, 0.3) is 5.91 Å². The number of amides is 1. The molecule has 0 aliphatic rings. The Morgan fingerprint density at radius 3 is 2.46 bits per heavy atom. The third-order valence-corrected chi connectivity index (χ3v) is 4.14. The molecule has 26 heavy (non-hydrogen) atoms. The van der Waals surface area contributed by atoms with E-state index in [1.54, 1.807) is 24.5 Å². The van der Waals surface area contributed by atoms with Gasteiger partial charge in [0.15, 0.2) is 5.82 Å². The average Bonchev–Trinajstić information content (AvgIpc) is 3.06. The third kappa shape index (κ3) is 3.91. The number of rotatable bonds is 6. The van der Waals surface area contributed by atoms with Crippen molar-refractivity contribution in [3.63, 3.8) is 0 Å². The minimum Gasteiger partial charge on any atom is -0.360 e. The number of carbonyl (C=O) groups is 1. The lowest BCUT2D eigenvalue weighted by Crippen LogP contribution is -2.15. The Bertz CT molecular complexity index is 895. The summed E-state index contributed by atoms with van der Waals surface area (Å²) in [6, 6.07) is 9.62. The first-order valence-corrected chi connectivity index (χ1v) is 8.68. The summed E-state index contributed by atoms with van der Waals surface area (Å²) < 4.78 is 5.03. The highest BCUT2D eigenvalue weighted by Crippen LogP contribution is 2.24. The zero-order valence-electron chi connectivity index (χ0n) is 15.2. The van der Waals surface area contributed by atoms with Crippen molar-refractivity contribution in [3.8, 4) is 0 Å². The van der Waals surface area contributed by atoms with Crippen molar-refractivity contribution < 1.29 is 9.32 Å². The van der Waals surface area contributed by atoms with E-state index in [2.05, 4.69) is 34.6 Å². The van der Waals surface area contributed by atoms with Gasteiger partial charge in [-0.3, -0.25) is 9.78 Å². The van der Waals surface area contributed by atoms with Crippen LogP contribution in [0.15, 0.2) is 47.2 Å². The van der Waals surface area contributed by atoms with Gasteiger partial charge in [-0.15, -0.1) is 0 Å². The summed E-state index contributed by atoms with van der Waals surface area (Å²) in [6.45, 7) is 5.98. The number of anilines is 3. The standard InChI is InChI=1S/C20H22N4O2/c1-4-14-7-6-8-15(5-2)19(14)23-20(25)16-10-17(12-21-11-16)22-18-9-13(3)26-24-18/h6-12H,4-5H2,1-3H3,(H,22,24)(H,23,25). The van der Waals surface area contributed by atoms with E-state index >= 15 is 0 Å². The maximum atomic E-state index is 12.7. The molecule has 6 nitrogen and oxygen atoms in total. The summed E-state index contributed by atoms with van der Waals surface area (Å²) in [7, 11) is 0. The maximum Gasteiger partial charge on any atom is 0.257 e. The molecule has 0 radical (unpaired) electrons. The highest BCUT2D eigenvalue weighted by atomic mass is 16.5. The fourth-order valence-corrected chi connectivity index (χ4v) is 2.79. The van der Waals surface area contributed by atoms with E-state index in [9.17, 15) is 4.79 Å². The molecule has 0 atom stereocenters. The predicted octanol–water partition coefficient (Wildman–Crippen LogP) is 4.50. The lowest BCUT2D eigenvalue weighted by atomic mass is 10.0. The molecule has 134 valence electrons. The Morgan fingerprint density at radius 2 is 1.85 bits per heavy atom. The van der Waals surface area contributed by atoms with Crippen LogP contribution < -0.4 is 10.6 Å². The zero-order valence-corrected chi connectivity index (χ0v) is 15.2. The van der Waals surface area contributed by atoms with Crippen LogP contribution in [0.1, 0.15) is 41.1 Å². The number of nitrogens with zero attached hydrogens (tertiary/aromatic N) is 2. The molecule has 0 saturated carbocycles. The minimum absolute atomic E-state index is 0.187. The van der Waals surface area contributed by atoms with Crippen LogP contribution in [-0.2, 0) is 12.8 Å². The Hall–Kier alpha value is -3.15. The van der Waals surface area contributed by atoms with Crippen molar-refractivity contribution in [2.45, 2.75) is 33.6 Å². The van der Waals surface area contributed by atoms with Crippen molar-refractivity contribution in [2.24, 2.45) is 0 Å². The largest absolute Gasteiger partial charge is 0.360 e. The molecule has 2 heterocycles. The molecule has 6 heteroatoms. The fraction of sp³-hybridized carbons (Fsp3) is 0.250. The Kier molecular flexibility index (Phi) is 5.31. The molecule has 0 bridgehead atoms. The number of hydrogen-bond donors (Lipinski definition) is 2. The lowest BCUT2D eigenvalue weighted by molar-refractivity contribution is 0.102. The van der Waals surface area contributed by atoms with E-state index in [0.717, 1.165) is 29.7 Å². The highest BCUT2D eigenvalue weighted by Gasteiger charge is 2.13. The molecule has 1 aromatic carbocycles. The zero-order chi connectivity index (χ0) is 18.5. The second-order valence-corrected chi connectivity index (χ2v) is 6.02. The Labute approximate surface area is 152 Å². The van der Waals surface area contributed by atoms with Gasteiger partial charge in [0.05, 0.1) is 17.4 Å². The molecule has 0 fully saturated rings. The molecule has 2 N–H and O–H groups in total. The molecule has 0 spiro atoms. The van der Waals surface area contributed by atoms with Crippen LogP contribution in [0.2, 0.25) is 0 Å². The summed E-state index contributed by atoms with van der Waals surface area (Å²) in [6.07, 6.45) is 4.90. The monoisotopic (exact) mass is 350 g/mol. The lowest BCUT2D eigenvalue weighted by Gasteiger charge is -2.14. The van der Waals surface area contributed by atoms with Gasteiger partial charge in [-0.05, 0) is 37.0 Å². The first kappa shape index (κ1) is 17.7. The normalized spacial score (nSPS) is 10.6. The van der Waals surface area contributed by atoms with Gasteiger partial charge in [0.2, 0.25) is 0 Å². The summed E-state index contributed by atoms with van der Waals surface area (Å²) >= 11 is 0. The molecule has 0 unspecified atom stereocenters. The van der Waals surface area contributed by atoms with Crippen LogP contribution >= 0.6 is 0 Å². The van der Waals surface area contributed by atoms with Gasteiger partial charge in [0, 0.05) is 18.0 Å². The van der Waals surface area contributed by atoms with Crippen LogP contribution in [0.4, 0.5) is 17.2 Å². The smallest absolute Gasteiger partial charge is 0.257 e. The molecule has 0 aliphatic heterocycles. The van der Waals surface area contributed by atoms with Gasteiger partial charge in [-0.25, -0.2) is 0 Å². The van der Waals surface area contributed by atoms with Crippen LogP contribution in [0.25, 0.3) is 0 Å². The van der Waals surface area contributed by atoms with Crippen molar-refractivity contribution in [3.05, 3.63) is 65.2 Å². The van der Waals surface area contributed by atoms with E-state index in [4.69, 9.17) is 4.52 Å². The highest BCUT2D eigenvalue weighted by molar-refractivity contribution is 6.05. The van der Waals surface area contributed by atoms with E-state index < -0.39 is 0 Å². The Morgan fingerprint density at radius 1 is 1.12 bits per heavy atom. The number of aryl methyl sites for hydroxylation is 3. The number of nitrogens with one attached hydrogen (secondary N) is 2. The van der Waals surface area contributed by atoms with Gasteiger partial charge >= 0.3 is 0 Å². The maximum absolute atomic E-state index is 12.7. The number of carbonyl (C=O) groups excluding carboxylic acids is 1. The molecule has 0 saturated heterocycles. The first-order chi connectivity index (χ1) is 12.6. The van der Waals surface area contributed by atoms with Crippen LogP contribution in [0, 0.1) is 6.92 Å². The number of pyridine rings is 1. The topological polar surface area (TPSA) is 80.0 Å². The average molecular weight is 350 g/mol. The van der Waals surface area contributed by atoms with Crippen molar-refractivity contribution >= 4 is 23.1 Å². The predicted molar refractivity (Wildman–Crippen MR) is 102 cm³/mol. The second kappa shape index (κ2) is 7.82. The minimum atomic E-state index is -0.187. The van der Waals surface area contributed by atoms with E-state index in [0.29, 0.717) is 22.8 Å². The molecule has 2 aromatic heterocycles. The summed E-state index contributed by atoms with van der Waals surface area (Å²) in [4.78, 5) is 16.9. The number of hydrogen-bond acceptors (Lipinski definition) is 5. The number of benzene rings is 1. The van der Waals surface area contributed by atoms with Crippen molar-refractivity contribution in [1.82, 2.24) is 10.1 Å². The second-order valence-electron chi connectivity index (χ2n) is 6.02. The van der Waals surface area contributed by atoms with E-state index in [-0.39, 0.29) is 5.91 Å². The van der Waals surface area contributed by atoms with Crippen molar-refractivity contribution in [2.75, 3.05) is 10.6 Å².